The van der Waals surface area contributed by atoms with Crippen LogP contribution in [0, 0.1) is 6.92 Å². The molecular weight excluding hydrogens is 250 g/mol. The van der Waals surface area contributed by atoms with Crippen LogP contribution in [0.3, 0.4) is 0 Å². The van der Waals surface area contributed by atoms with E-state index in [2.05, 4.69) is 15.3 Å². The molecule has 0 aliphatic rings. The van der Waals surface area contributed by atoms with E-state index < -0.39 is 11.9 Å². The van der Waals surface area contributed by atoms with Gasteiger partial charge in [0.15, 0.2) is 5.76 Å². The second kappa shape index (κ2) is 5.30. The molecule has 0 atom stereocenters. The number of carboxylic acids is 1. The molecule has 7 nitrogen and oxygen atoms in total. The van der Waals surface area contributed by atoms with E-state index in [4.69, 9.17) is 9.52 Å². The van der Waals surface area contributed by atoms with Gasteiger partial charge in [-0.25, -0.2) is 14.8 Å². The average molecular weight is 261 g/mol. The van der Waals surface area contributed by atoms with Crippen LogP contribution in [0.1, 0.15) is 32.6 Å². The fourth-order valence-corrected chi connectivity index (χ4v) is 1.44. The number of amides is 1. The second-order valence-corrected chi connectivity index (χ2v) is 3.75. The normalized spacial score (nSPS) is 10.2. The van der Waals surface area contributed by atoms with Crippen LogP contribution in [0.5, 0.6) is 0 Å². The molecule has 98 valence electrons. The van der Waals surface area contributed by atoms with E-state index in [0.29, 0.717) is 11.5 Å². The van der Waals surface area contributed by atoms with Gasteiger partial charge < -0.3 is 14.8 Å². The Kier molecular flexibility index (Phi) is 3.56. The Hall–Kier alpha value is -2.70. The maximum absolute atomic E-state index is 11.7. The van der Waals surface area contributed by atoms with E-state index in [1.807, 2.05) is 0 Å². The summed E-state index contributed by atoms with van der Waals surface area (Å²) in [6, 6.07) is 4.22. The Morgan fingerprint density at radius 2 is 2.05 bits per heavy atom. The first-order chi connectivity index (χ1) is 9.06. The van der Waals surface area contributed by atoms with Crippen molar-refractivity contribution < 1.29 is 19.1 Å². The lowest BCUT2D eigenvalue weighted by atomic mass is 10.3. The summed E-state index contributed by atoms with van der Waals surface area (Å²) in [6.45, 7) is 1.96. The number of nitrogens with zero attached hydrogens (tertiary/aromatic N) is 2. The number of hydrogen-bond acceptors (Lipinski definition) is 5. The number of aryl methyl sites for hydroxylation is 1. The van der Waals surface area contributed by atoms with Crippen LogP contribution in [0.25, 0.3) is 0 Å². The lowest BCUT2D eigenvalue weighted by Gasteiger charge is -2.02. The Bertz CT molecular complexity index is 621. The Balaban J connectivity index is 1.99. The van der Waals surface area contributed by atoms with Gasteiger partial charge in [-0.15, -0.1) is 0 Å². The molecule has 0 saturated heterocycles. The minimum Gasteiger partial charge on any atom is -0.475 e. The average Bonchev–Trinajstić information content (AvgIpc) is 2.86. The minimum absolute atomic E-state index is 0.0526. The molecule has 0 aliphatic carbocycles. The number of carbonyl (C=O) groups is 2. The van der Waals surface area contributed by atoms with Gasteiger partial charge in [-0.05, 0) is 25.1 Å². The van der Waals surface area contributed by atoms with Crippen molar-refractivity contribution in [1.29, 1.82) is 0 Å². The number of carboxylic acid groups (broad SMARTS) is 1. The monoisotopic (exact) mass is 261 g/mol. The molecule has 2 aromatic rings. The molecule has 0 saturated carbocycles. The number of nitrogens with one attached hydrogen (secondary N) is 1. The van der Waals surface area contributed by atoms with Crippen molar-refractivity contribution in [3.63, 3.8) is 0 Å². The summed E-state index contributed by atoms with van der Waals surface area (Å²) in [5, 5.41) is 11.3. The van der Waals surface area contributed by atoms with Crippen LogP contribution in [0.2, 0.25) is 0 Å². The van der Waals surface area contributed by atoms with E-state index in [1.54, 1.807) is 19.2 Å². The Morgan fingerprint density at radius 1 is 1.32 bits per heavy atom. The molecule has 1 amide bonds. The van der Waals surface area contributed by atoms with E-state index >= 15 is 0 Å². The fourth-order valence-electron chi connectivity index (χ4n) is 1.44. The van der Waals surface area contributed by atoms with Gasteiger partial charge in [0.1, 0.15) is 5.82 Å². The lowest BCUT2D eigenvalue weighted by molar-refractivity contribution is 0.0659. The molecule has 19 heavy (non-hydrogen) atoms. The largest absolute Gasteiger partial charge is 0.475 e. The fraction of sp³-hybridized carbons (Fsp3) is 0.167. The first-order valence-corrected chi connectivity index (χ1v) is 5.46. The van der Waals surface area contributed by atoms with Gasteiger partial charge in [-0.1, -0.05) is 0 Å². The summed E-state index contributed by atoms with van der Waals surface area (Å²) in [5.41, 5.74) is 0.658. The number of hydrogen-bond donors (Lipinski definition) is 2. The Morgan fingerprint density at radius 3 is 2.68 bits per heavy atom. The Labute approximate surface area is 108 Å². The first-order valence-electron chi connectivity index (χ1n) is 5.46. The highest BCUT2D eigenvalue weighted by molar-refractivity contribution is 5.93. The highest BCUT2D eigenvalue weighted by Crippen LogP contribution is 2.07. The summed E-state index contributed by atoms with van der Waals surface area (Å²) in [4.78, 5) is 30.4. The molecule has 0 radical (unpaired) electrons. The summed E-state index contributed by atoms with van der Waals surface area (Å²) >= 11 is 0. The van der Waals surface area contributed by atoms with E-state index in [9.17, 15) is 9.59 Å². The van der Waals surface area contributed by atoms with Crippen LogP contribution in [-0.2, 0) is 6.54 Å². The second-order valence-electron chi connectivity index (χ2n) is 3.75. The third kappa shape index (κ3) is 3.15. The molecule has 0 aromatic carbocycles. The van der Waals surface area contributed by atoms with Crippen molar-refractivity contribution in [2.75, 3.05) is 0 Å². The topological polar surface area (TPSA) is 105 Å². The number of rotatable bonds is 4. The van der Waals surface area contributed by atoms with Gasteiger partial charge >= 0.3 is 5.97 Å². The minimum atomic E-state index is -1.22. The third-order valence-corrected chi connectivity index (χ3v) is 2.30. The van der Waals surface area contributed by atoms with Gasteiger partial charge in [-0.2, -0.15) is 0 Å². The zero-order chi connectivity index (χ0) is 13.8. The van der Waals surface area contributed by atoms with Crippen LogP contribution in [0.15, 0.2) is 28.8 Å². The lowest BCUT2D eigenvalue weighted by Crippen LogP contribution is -2.23. The quantitative estimate of drug-likeness (QED) is 0.850. The summed E-state index contributed by atoms with van der Waals surface area (Å²) in [6.07, 6.45) is 1.60. The SMILES string of the molecule is Cc1nccc(CNC(=O)c2ccc(C(=O)O)o2)n1. The van der Waals surface area contributed by atoms with Crippen molar-refractivity contribution in [2.45, 2.75) is 13.5 Å². The van der Waals surface area contributed by atoms with E-state index in [-0.39, 0.29) is 18.1 Å². The smallest absolute Gasteiger partial charge is 0.371 e. The van der Waals surface area contributed by atoms with Crippen LogP contribution in [-0.4, -0.2) is 27.0 Å². The molecule has 0 aliphatic heterocycles. The van der Waals surface area contributed by atoms with Gasteiger partial charge in [-0.3, -0.25) is 4.79 Å². The van der Waals surface area contributed by atoms with E-state index in [1.165, 1.54) is 12.1 Å². The summed E-state index contributed by atoms with van der Waals surface area (Å²) in [5.74, 6) is -1.43. The highest BCUT2D eigenvalue weighted by atomic mass is 16.4. The molecule has 7 heteroatoms. The molecule has 0 spiro atoms. The van der Waals surface area contributed by atoms with Crippen molar-refractivity contribution in [1.82, 2.24) is 15.3 Å². The van der Waals surface area contributed by atoms with Crippen LogP contribution in [0.4, 0.5) is 0 Å². The van der Waals surface area contributed by atoms with Gasteiger partial charge in [0.25, 0.3) is 5.91 Å². The maximum Gasteiger partial charge on any atom is 0.371 e. The molecule has 0 fully saturated rings. The van der Waals surface area contributed by atoms with Gasteiger partial charge in [0, 0.05) is 6.20 Å². The molecule has 2 N–H and O–H groups in total. The van der Waals surface area contributed by atoms with E-state index in [0.717, 1.165) is 0 Å². The van der Waals surface area contributed by atoms with Crippen molar-refractivity contribution in [3.05, 3.63) is 47.4 Å². The molecule has 2 rings (SSSR count). The number of aromatic nitrogens is 2. The molecule has 2 heterocycles. The van der Waals surface area contributed by atoms with Crippen molar-refractivity contribution in [3.8, 4) is 0 Å². The zero-order valence-corrected chi connectivity index (χ0v) is 10.1. The first kappa shape index (κ1) is 12.7. The molecule has 2 aromatic heterocycles. The zero-order valence-electron chi connectivity index (χ0n) is 10.1. The maximum atomic E-state index is 11.7. The number of carbonyl (C=O) groups excluding carboxylic acids is 1. The predicted molar refractivity (Wildman–Crippen MR) is 63.6 cm³/mol. The predicted octanol–water partition coefficient (Wildman–Crippen LogP) is 1.01. The molecule has 0 bridgehead atoms. The third-order valence-electron chi connectivity index (χ3n) is 2.30. The van der Waals surface area contributed by atoms with Crippen LogP contribution >= 0.6 is 0 Å². The summed E-state index contributed by atoms with van der Waals surface area (Å²) < 4.78 is 4.87. The summed E-state index contributed by atoms with van der Waals surface area (Å²) in [7, 11) is 0. The number of furan rings is 1. The van der Waals surface area contributed by atoms with Gasteiger partial charge in [0.05, 0.1) is 12.2 Å². The van der Waals surface area contributed by atoms with Crippen LogP contribution < -0.4 is 5.32 Å². The van der Waals surface area contributed by atoms with Gasteiger partial charge in [0.2, 0.25) is 5.76 Å². The molecule has 0 unspecified atom stereocenters. The standard InChI is InChI=1S/C12H11N3O4/c1-7-13-5-4-8(15-7)6-14-11(16)9-2-3-10(19-9)12(17)18/h2-5H,6H2,1H3,(H,14,16)(H,17,18). The number of aromatic carboxylic acids is 1. The van der Waals surface area contributed by atoms with Crippen molar-refractivity contribution >= 4 is 11.9 Å². The molecular formula is C12H11N3O4. The highest BCUT2D eigenvalue weighted by Gasteiger charge is 2.14. The van der Waals surface area contributed by atoms with Crippen molar-refractivity contribution in [2.24, 2.45) is 0 Å².